The molecule has 0 saturated carbocycles. The highest BCUT2D eigenvalue weighted by Gasteiger charge is 2.06. The van der Waals surface area contributed by atoms with Crippen LogP contribution in [0.5, 0.6) is 11.5 Å². The molecule has 17 heavy (non-hydrogen) atoms. The Morgan fingerprint density at radius 2 is 2.00 bits per heavy atom. The predicted molar refractivity (Wildman–Crippen MR) is 58.5 cm³/mol. The topological polar surface area (TPSA) is 60.2 Å². The molecule has 2 rings (SSSR count). The minimum Gasteiger partial charge on any atom is -0.454 e. The molecule has 1 aromatic heterocycles. The van der Waals surface area contributed by atoms with Crippen LogP contribution in [-0.2, 0) is 0 Å². The number of hydrogen-bond donors (Lipinski definition) is 2. The molecule has 0 fully saturated rings. The first-order valence-corrected chi connectivity index (χ1v) is 4.74. The van der Waals surface area contributed by atoms with Gasteiger partial charge in [0.15, 0.2) is 11.6 Å². The van der Waals surface area contributed by atoms with Crippen molar-refractivity contribution in [2.75, 3.05) is 5.43 Å². The van der Waals surface area contributed by atoms with Gasteiger partial charge in [-0.3, -0.25) is 0 Å². The number of nitrogens with zero attached hydrogens (tertiary/aromatic N) is 1. The van der Waals surface area contributed by atoms with Gasteiger partial charge in [-0.1, -0.05) is 0 Å². The van der Waals surface area contributed by atoms with Crippen LogP contribution in [0.1, 0.15) is 0 Å². The van der Waals surface area contributed by atoms with Crippen LogP contribution in [0.15, 0.2) is 36.5 Å². The number of hydrogen-bond acceptors (Lipinski definition) is 4. The summed E-state index contributed by atoms with van der Waals surface area (Å²) in [5.74, 6) is 4.39. The highest BCUT2D eigenvalue weighted by atomic mass is 19.1. The molecule has 0 amide bonds. The predicted octanol–water partition coefficient (Wildman–Crippen LogP) is 2.44. The molecule has 4 nitrogen and oxygen atoms in total. The van der Waals surface area contributed by atoms with Gasteiger partial charge in [0.05, 0.1) is 0 Å². The number of halogens is 2. The van der Waals surface area contributed by atoms with Crippen molar-refractivity contribution in [2.45, 2.75) is 0 Å². The number of benzene rings is 1. The van der Waals surface area contributed by atoms with E-state index < -0.39 is 11.6 Å². The first kappa shape index (κ1) is 11.3. The van der Waals surface area contributed by atoms with Crippen LogP contribution in [0.3, 0.4) is 0 Å². The summed E-state index contributed by atoms with van der Waals surface area (Å²) in [6.45, 7) is 0. The number of hydrazine groups is 1. The van der Waals surface area contributed by atoms with E-state index in [1.54, 1.807) is 0 Å². The van der Waals surface area contributed by atoms with Crippen molar-refractivity contribution in [3.05, 3.63) is 48.2 Å². The zero-order valence-electron chi connectivity index (χ0n) is 8.65. The molecular formula is C11H9F2N3O. The van der Waals surface area contributed by atoms with E-state index in [0.29, 0.717) is 11.6 Å². The minimum absolute atomic E-state index is 0.0689. The van der Waals surface area contributed by atoms with Crippen molar-refractivity contribution in [3.63, 3.8) is 0 Å². The summed E-state index contributed by atoms with van der Waals surface area (Å²) >= 11 is 0. The van der Waals surface area contributed by atoms with Crippen molar-refractivity contribution in [1.82, 2.24) is 4.98 Å². The molecule has 1 aromatic carbocycles. The van der Waals surface area contributed by atoms with E-state index in [1.165, 1.54) is 24.4 Å². The molecule has 0 radical (unpaired) electrons. The third-order valence-electron chi connectivity index (χ3n) is 2.00. The van der Waals surface area contributed by atoms with Gasteiger partial charge < -0.3 is 10.2 Å². The van der Waals surface area contributed by atoms with Crippen LogP contribution in [-0.4, -0.2) is 4.98 Å². The second-order valence-electron chi connectivity index (χ2n) is 3.20. The van der Waals surface area contributed by atoms with Crippen molar-refractivity contribution in [3.8, 4) is 11.5 Å². The zero-order valence-corrected chi connectivity index (χ0v) is 8.65. The van der Waals surface area contributed by atoms with E-state index in [9.17, 15) is 8.78 Å². The Hall–Kier alpha value is -2.21. The molecule has 0 unspecified atom stereocenters. The molecule has 0 saturated heterocycles. The Morgan fingerprint density at radius 1 is 1.18 bits per heavy atom. The maximum Gasteiger partial charge on any atom is 0.168 e. The molecule has 6 heteroatoms. The van der Waals surface area contributed by atoms with Gasteiger partial charge in [-0.05, 0) is 18.2 Å². The average molecular weight is 237 g/mol. The molecule has 88 valence electrons. The van der Waals surface area contributed by atoms with Crippen LogP contribution in [0.25, 0.3) is 0 Å². The third-order valence-corrected chi connectivity index (χ3v) is 2.00. The van der Waals surface area contributed by atoms with Crippen LogP contribution in [0, 0.1) is 11.6 Å². The summed E-state index contributed by atoms with van der Waals surface area (Å²) in [7, 11) is 0. The second-order valence-corrected chi connectivity index (χ2v) is 3.20. The third kappa shape index (κ3) is 2.67. The molecular weight excluding hydrogens is 228 g/mol. The maximum absolute atomic E-state index is 13.3. The molecule has 0 aliphatic carbocycles. The quantitative estimate of drug-likeness (QED) is 0.635. The summed E-state index contributed by atoms with van der Waals surface area (Å²) in [6.07, 6.45) is 1.45. The molecule has 2 aromatic rings. The second kappa shape index (κ2) is 4.75. The smallest absolute Gasteiger partial charge is 0.168 e. The van der Waals surface area contributed by atoms with E-state index in [-0.39, 0.29) is 5.75 Å². The van der Waals surface area contributed by atoms with Crippen LogP contribution < -0.4 is 16.0 Å². The Balaban J connectivity index is 2.25. The monoisotopic (exact) mass is 237 g/mol. The van der Waals surface area contributed by atoms with Crippen molar-refractivity contribution < 1.29 is 13.5 Å². The van der Waals surface area contributed by atoms with Gasteiger partial charge in [-0.15, -0.1) is 0 Å². The fourth-order valence-corrected chi connectivity index (χ4v) is 1.24. The van der Waals surface area contributed by atoms with Crippen molar-refractivity contribution in [1.29, 1.82) is 0 Å². The summed E-state index contributed by atoms with van der Waals surface area (Å²) in [6, 6.07) is 6.09. The highest BCUT2D eigenvalue weighted by Crippen LogP contribution is 2.25. The number of aromatic nitrogens is 1. The summed E-state index contributed by atoms with van der Waals surface area (Å²) < 4.78 is 31.2. The number of rotatable bonds is 3. The Morgan fingerprint density at radius 3 is 2.71 bits per heavy atom. The molecule has 0 bridgehead atoms. The van der Waals surface area contributed by atoms with Crippen molar-refractivity contribution in [2.24, 2.45) is 5.84 Å². The van der Waals surface area contributed by atoms with E-state index in [0.717, 1.165) is 12.1 Å². The largest absolute Gasteiger partial charge is 0.454 e. The summed E-state index contributed by atoms with van der Waals surface area (Å²) in [4.78, 5) is 3.87. The van der Waals surface area contributed by atoms with Crippen LogP contribution in [0.2, 0.25) is 0 Å². The molecule has 0 spiro atoms. The SMILES string of the molecule is NNc1cc(Oc2ccc(F)cc2F)ccn1. The Bertz CT molecular complexity index is 534. The molecule has 0 aliphatic rings. The number of pyridine rings is 1. The van der Waals surface area contributed by atoms with Gasteiger partial charge in [0.1, 0.15) is 17.4 Å². The number of anilines is 1. The van der Waals surface area contributed by atoms with Crippen LogP contribution >= 0.6 is 0 Å². The Labute approximate surface area is 96.0 Å². The van der Waals surface area contributed by atoms with E-state index in [4.69, 9.17) is 10.6 Å². The zero-order chi connectivity index (χ0) is 12.3. The lowest BCUT2D eigenvalue weighted by molar-refractivity contribution is 0.437. The number of ether oxygens (including phenoxy) is 1. The lowest BCUT2D eigenvalue weighted by Crippen LogP contribution is -2.08. The molecule has 1 heterocycles. The van der Waals surface area contributed by atoms with Gasteiger partial charge in [0.2, 0.25) is 0 Å². The van der Waals surface area contributed by atoms with Gasteiger partial charge in [0.25, 0.3) is 0 Å². The first-order chi connectivity index (χ1) is 8.19. The highest BCUT2D eigenvalue weighted by molar-refractivity contribution is 5.41. The molecule has 0 aliphatic heterocycles. The van der Waals surface area contributed by atoms with E-state index in [1.807, 2.05) is 0 Å². The lowest BCUT2D eigenvalue weighted by Gasteiger charge is -2.07. The standard InChI is InChI=1S/C11H9F2N3O/c12-7-1-2-10(9(13)5-7)17-8-3-4-15-11(6-8)16-14/h1-6H,14H2,(H,15,16). The van der Waals surface area contributed by atoms with Gasteiger partial charge in [0, 0.05) is 18.3 Å². The molecule has 0 atom stereocenters. The fraction of sp³-hybridized carbons (Fsp3) is 0. The van der Waals surface area contributed by atoms with Gasteiger partial charge >= 0.3 is 0 Å². The fourth-order valence-electron chi connectivity index (χ4n) is 1.24. The van der Waals surface area contributed by atoms with E-state index >= 15 is 0 Å². The average Bonchev–Trinajstić information content (AvgIpc) is 2.33. The van der Waals surface area contributed by atoms with E-state index in [2.05, 4.69) is 10.4 Å². The number of nitrogens with one attached hydrogen (secondary N) is 1. The normalized spacial score (nSPS) is 10.1. The minimum atomic E-state index is -0.774. The Kier molecular flexibility index (Phi) is 3.15. The van der Waals surface area contributed by atoms with Gasteiger partial charge in [-0.25, -0.2) is 19.6 Å². The first-order valence-electron chi connectivity index (χ1n) is 4.74. The van der Waals surface area contributed by atoms with Gasteiger partial charge in [-0.2, -0.15) is 0 Å². The summed E-state index contributed by atoms with van der Waals surface area (Å²) in [5.41, 5.74) is 2.33. The lowest BCUT2D eigenvalue weighted by atomic mass is 10.3. The van der Waals surface area contributed by atoms with Crippen LogP contribution in [0.4, 0.5) is 14.6 Å². The molecule has 3 N–H and O–H groups in total. The number of nitrogen functional groups attached to an aromatic ring is 1. The maximum atomic E-state index is 13.3. The number of nitrogens with two attached hydrogens (primary N) is 1. The van der Waals surface area contributed by atoms with Crippen molar-refractivity contribution >= 4 is 5.82 Å². The summed E-state index contributed by atoms with van der Waals surface area (Å²) in [5, 5.41) is 0.